The van der Waals surface area contributed by atoms with Gasteiger partial charge < -0.3 is 0 Å². The third kappa shape index (κ3) is 8.21. The van der Waals surface area contributed by atoms with E-state index in [9.17, 15) is 22.8 Å². The number of alkyl halides is 4. The molecule has 8 heteroatoms. The van der Waals surface area contributed by atoms with Crippen molar-refractivity contribution in [2.45, 2.75) is 11.1 Å². The van der Waals surface area contributed by atoms with Crippen LogP contribution in [0.25, 0.3) is 0 Å². The third-order valence-corrected chi connectivity index (χ3v) is 2.09. The van der Waals surface area contributed by atoms with Gasteiger partial charge in [-0.2, -0.15) is 0 Å². The van der Waals surface area contributed by atoms with Crippen LogP contribution in [-0.2, 0) is 17.4 Å². The van der Waals surface area contributed by atoms with Crippen LogP contribution in [0.3, 0.4) is 0 Å². The summed E-state index contributed by atoms with van der Waals surface area (Å²) in [5.74, 6) is -2.06. The summed E-state index contributed by atoms with van der Waals surface area (Å²) < 4.78 is 38.4. The second kappa shape index (κ2) is 5.93. The molecular weight excluding hydrogens is 332 g/mol. The zero-order valence-electron chi connectivity index (χ0n) is 7.56. The molecule has 0 aliphatic rings. The van der Waals surface area contributed by atoms with Crippen LogP contribution in [0, 0.1) is 0 Å². The molecule has 0 aliphatic carbocycles. The van der Waals surface area contributed by atoms with Crippen LogP contribution in [0.5, 0.6) is 0 Å². The van der Waals surface area contributed by atoms with E-state index in [4.69, 9.17) is 0 Å². The van der Waals surface area contributed by atoms with Crippen LogP contribution in [0.1, 0.15) is 6.92 Å². The van der Waals surface area contributed by atoms with E-state index in [2.05, 4.69) is 14.4 Å². The van der Waals surface area contributed by atoms with Crippen molar-refractivity contribution < 1.29 is 52.2 Å². The van der Waals surface area contributed by atoms with Gasteiger partial charge in [0.15, 0.2) is 0 Å². The Balaban J connectivity index is 3.77. The summed E-state index contributed by atoms with van der Waals surface area (Å²) in [5.41, 5.74) is 0.0494. The first-order valence-electron chi connectivity index (χ1n) is 3.47. The zero-order chi connectivity index (χ0) is 12.1. The molecule has 0 bridgehead atoms. The summed E-state index contributed by atoms with van der Waals surface area (Å²) in [5, 5.41) is 0. The van der Waals surface area contributed by atoms with Crippen LogP contribution < -0.4 is 21.6 Å². The molecule has 0 radical (unpaired) electrons. The molecule has 4 nitrogen and oxygen atoms in total. The molecule has 0 saturated heterocycles. The van der Waals surface area contributed by atoms with E-state index in [1.807, 2.05) is 0 Å². The topological polar surface area (TPSA) is 52.6 Å². The summed E-state index contributed by atoms with van der Waals surface area (Å²) in [6, 6.07) is 0. The van der Waals surface area contributed by atoms with Crippen molar-refractivity contribution in [2.75, 3.05) is 6.61 Å². The number of esters is 1. The normalized spacial score (nSPS) is 10.9. The minimum absolute atomic E-state index is 0.0494. The molecule has 0 unspecified atom stereocenters. The fourth-order valence-corrected chi connectivity index (χ4v) is 0.979. The van der Waals surface area contributed by atoms with Gasteiger partial charge in [0.05, 0.1) is 0 Å². The Kier molecular flexibility index (Phi) is 5.61. The van der Waals surface area contributed by atoms with Crippen molar-refractivity contribution >= 4 is 11.9 Å². The van der Waals surface area contributed by atoms with Gasteiger partial charge in [-0.1, -0.05) is 0 Å². The maximum absolute atomic E-state index is 11.6. The number of carbonyl (C=O) groups is 2. The standard InChI is InChI=1S/C7H7F3IO4/c1-4(2)6(13)14-3-5(12)15-11-7(8,9)10/h1,3H2,2H3/q-1. The SMILES string of the molecule is C=C(C)C(=O)OCC(=O)O[I-]C(F)(F)F. The number of ether oxygens (including phenoxy) is 1. The summed E-state index contributed by atoms with van der Waals surface area (Å²) >= 11 is -2.67. The van der Waals surface area contributed by atoms with Gasteiger partial charge in [0.1, 0.15) is 0 Å². The summed E-state index contributed by atoms with van der Waals surface area (Å²) in [7, 11) is 0. The average molecular weight is 339 g/mol. The van der Waals surface area contributed by atoms with Gasteiger partial charge in [-0.3, -0.25) is 0 Å². The molecule has 88 valence electrons. The third-order valence-electron chi connectivity index (χ3n) is 0.882. The second-order valence-corrected chi connectivity index (χ2v) is 4.42. The molecule has 0 amide bonds. The van der Waals surface area contributed by atoms with Crippen LogP contribution in [0.4, 0.5) is 13.2 Å². The molecule has 0 aromatic carbocycles. The van der Waals surface area contributed by atoms with Gasteiger partial charge in [-0.05, 0) is 0 Å². The Morgan fingerprint density at radius 2 is 1.93 bits per heavy atom. The van der Waals surface area contributed by atoms with Crippen LogP contribution in [-0.4, -0.2) is 22.7 Å². The Hall–Kier alpha value is -0.800. The molecule has 0 N–H and O–H groups in total. The molecular formula is C7H7F3IO4-. The van der Waals surface area contributed by atoms with Crippen LogP contribution in [0.2, 0.25) is 0 Å². The van der Waals surface area contributed by atoms with E-state index in [-0.39, 0.29) is 5.57 Å². The first-order valence-corrected chi connectivity index (χ1v) is 5.43. The number of halogens is 4. The van der Waals surface area contributed by atoms with Gasteiger partial charge in [0, 0.05) is 0 Å². The van der Waals surface area contributed by atoms with Crippen molar-refractivity contribution in [3.8, 4) is 0 Å². The van der Waals surface area contributed by atoms with Crippen molar-refractivity contribution in [1.82, 2.24) is 0 Å². The Morgan fingerprint density at radius 1 is 1.40 bits per heavy atom. The van der Waals surface area contributed by atoms with Gasteiger partial charge in [0.25, 0.3) is 0 Å². The number of carbonyl (C=O) groups excluding carboxylic acids is 2. The quantitative estimate of drug-likeness (QED) is 0.262. The van der Waals surface area contributed by atoms with Crippen LogP contribution in [0.15, 0.2) is 12.2 Å². The summed E-state index contributed by atoms with van der Waals surface area (Å²) in [6.07, 6.45) is 0. The molecule has 0 aliphatic heterocycles. The Bertz CT molecular complexity index is 274. The minimum atomic E-state index is -4.48. The van der Waals surface area contributed by atoms with Crippen molar-refractivity contribution in [3.05, 3.63) is 12.2 Å². The van der Waals surface area contributed by atoms with E-state index in [0.29, 0.717) is 0 Å². The predicted molar refractivity (Wildman–Crippen MR) is 37.9 cm³/mol. The first-order chi connectivity index (χ1) is 6.72. The molecule has 0 aromatic rings. The number of rotatable bonds is 4. The van der Waals surface area contributed by atoms with Gasteiger partial charge in [-0.15, -0.1) is 0 Å². The van der Waals surface area contributed by atoms with Gasteiger partial charge in [-0.25, -0.2) is 0 Å². The molecule has 0 rings (SSSR count). The van der Waals surface area contributed by atoms with Gasteiger partial charge in [0.2, 0.25) is 0 Å². The van der Waals surface area contributed by atoms with Crippen LogP contribution >= 0.6 is 0 Å². The second-order valence-electron chi connectivity index (χ2n) is 2.31. The molecule has 0 fully saturated rings. The van der Waals surface area contributed by atoms with E-state index >= 15 is 0 Å². The molecule has 0 heterocycles. The fraction of sp³-hybridized carbons (Fsp3) is 0.429. The number of hydrogen-bond acceptors (Lipinski definition) is 4. The first kappa shape index (κ1) is 14.2. The van der Waals surface area contributed by atoms with E-state index < -0.39 is 44.3 Å². The van der Waals surface area contributed by atoms with E-state index in [1.54, 1.807) is 0 Å². The van der Waals surface area contributed by atoms with Crippen molar-refractivity contribution in [3.63, 3.8) is 0 Å². The van der Waals surface area contributed by atoms with E-state index in [0.717, 1.165) is 0 Å². The molecule has 0 saturated carbocycles. The predicted octanol–water partition coefficient (Wildman–Crippen LogP) is -1.83. The molecule has 0 atom stereocenters. The number of hydrogen-bond donors (Lipinski definition) is 0. The summed E-state index contributed by atoms with van der Waals surface area (Å²) in [6.45, 7) is 3.73. The van der Waals surface area contributed by atoms with Crippen molar-refractivity contribution in [1.29, 1.82) is 0 Å². The molecule has 0 spiro atoms. The Morgan fingerprint density at radius 3 is 2.33 bits per heavy atom. The fourth-order valence-electron chi connectivity index (χ4n) is 0.357. The van der Waals surface area contributed by atoms with E-state index in [1.165, 1.54) is 6.92 Å². The summed E-state index contributed by atoms with van der Waals surface area (Å²) in [4.78, 5) is 21.3. The monoisotopic (exact) mass is 339 g/mol. The molecule has 15 heavy (non-hydrogen) atoms. The Labute approximate surface area is 94.2 Å². The van der Waals surface area contributed by atoms with Crippen molar-refractivity contribution in [2.24, 2.45) is 0 Å². The van der Waals surface area contributed by atoms with Gasteiger partial charge >= 0.3 is 94.0 Å². The maximum atomic E-state index is 11.6. The zero-order valence-corrected chi connectivity index (χ0v) is 9.72. The molecule has 0 aromatic heterocycles. The average Bonchev–Trinajstić information content (AvgIpc) is 2.09.